The van der Waals surface area contributed by atoms with Crippen LogP contribution in [0.2, 0.25) is 5.02 Å². The Kier molecular flexibility index (Phi) is 7.95. The summed E-state index contributed by atoms with van der Waals surface area (Å²) in [6.07, 6.45) is 2.04. The second-order valence-electron chi connectivity index (χ2n) is 4.55. The molecular formula is C16H19ClN2O4. The van der Waals surface area contributed by atoms with E-state index < -0.39 is 5.91 Å². The predicted octanol–water partition coefficient (Wildman–Crippen LogP) is 2.50. The second-order valence-corrected chi connectivity index (χ2v) is 4.96. The van der Waals surface area contributed by atoms with Crippen molar-refractivity contribution in [3.05, 3.63) is 28.3 Å². The first-order valence-electron chi connectivity index (χ1n) is 7.07. The summed E-state index contributed by atoms with van der Waals surface area (Å²) in [6, 6.07) is 4.82. The van der Waals surface area contributed by atoms with Crippen LogP contribution in [0.15, 0.2) is 17.7 Å². The number of aromatic hydroxyl groups is 1. The predicted molar refractivity (Wildman–Crippen MR) is 87.4 cm³/mol. The van der Waals surface area contributed by atoms with E-state index in [0.29, 0.717) is 31.7 Å². The number of phenolic OH excluding ortho intramolecular Hbond substituents is 1. The van der Waals surface area contributed by atoms with Crippen LogP contribution in [0.1, 0.15) is 18.9 Å². The van der Waals surface area contributed by atoms with Crippen LogP contribution in [0.3, 0.4) is 0 Å². The number of rotatable bonds is 8. The van der Waals surface area contributed by atoms with E-state index in [1.165, 1.54) is 18.2 Å². The molecule has 1 rings (SSSR count). The van der Waals surface area contributed by atoms with Gasteiger partial charge in [-0.15, -0.1) is 0 Å². The van der Waals surface area contributed by atoms with Crippen LogP contribution in [-0.4, -0.2) is 37.9 Å². The van der Waals surface area contributed by atoms with Crippen LogP contribution >= 0.6 is 11.6 Å². The fourth-order valence-corrected chi connectivity index (χ4v) is 1.99. The summed E-state index contributed by atoms with van der Waals surface area (Å²) in [5.74, 6) is -0.456. The third-order valence-electron chi connectivity index (χ3n) is 2.84. The van der Waals surface area contributed by atoms with Gasteiger partial charge in [0.15, 0.2) is 11.5 Å². The average molecular weight is 339 g/mol. The van der Waals surface area contributed by atoms with Crippen LogP contribution in [0.5, 0.6) is 11.5 Å². The van der Waals surface area contributed by atoms with E-state index in [0.717, 1.165) is 0 Å². The zero-order valence-corrected chi connectivity index (χ0v) is 13.8. The highest BCUT2D eigenvalue weighted by Crippen LogP contribution is 2.35. The van der Waals surface area contributed by atoms with Gasteiger partial charge >= 0.3 is 0 Å². The van der Waals surface area contributed by atoms with Crippen molar-refractivity contribution in [1.82, 2.24) is 5.32 Å². The van der Waals surface area contributed by atoms with Gasteiger partial charge in [0.25, 0.3) is 5.91 Å². The standard InChI is InChI=1S/C16H19ClN2O4/c1-3-23-14-9-11(8-13(17)15(14)20)7-12(10-18)16(21)19-5-4-6-22-2/h7-9,20H,3-6H2,1-2H3,(H,19,21)/b12-7+. The summed E-state index contributed by atoms with van der Waals surface area (Å²) in [5, 5.41) is 21.6. The lowest BCUT2D eigenvalue weighted by Crippen LogP contribution is -2.26. The lowest BCUT2D eigenvalue weighted by atomic mass is 10.1. The number of nitrogens with zero attached hydrogens (tertiary/aromatic N) is 1. The third kappa shape index (κ3) is 5.81. The maximum atomic E-state index is 11.9. The fraction of sp³-hybridized carbons (Fsp3) is 0.375. The van der Waals surface area contributed by atoms with E-state index in [1.54, 1.807) is 14.0 Å². The summed E-state index contributed by atoms with van der Waals surface area (Å²) < 4.78 is 10.1. The molecular weight excluding hydrogens is 320 g/mol. The monoisotopic (exact) mass is 338 g/mol. The van der Waals surface area contributed by atoms with Crippen molar-refractivity contribution >= 4 is 23.6 Å². The van der Waals surface area contributed by atoms with Crippen molar-refractivity contribution in [2.45, 2.75) is 13.3 Å². The van der Waals surface area contributed by atoms with E-state index >= 15 is 0 Å². The zero-order valence-electron chi connectivity index (χ0n) is 13.1. The Labute approximate surface area is 140 Å². The van der Waals surface area contributed by atoms with Crippen molar-refractivity contribution < 1.29 is 19.4 Å². The number of carbonyl (C=O) groups is 1. The molecule has 23 heavy (non-hydrogen) atoms. The molecule has 0 fully saturated rings. The Morgan fingerprint density at radius 2 is 2.26 bits per heavy atom. The van der Waals surface area contributed by atoms with Crippen molar-refractivity contribution in [3.63, 3.8) is 0 Å². The van der Waals surface area contributed by atoms with E-state index in [-0.39, 0.29) is 22.1 Å². The molecule has 6 nitrogen and oxygen atoms in total. The summed E-state index contributed by atoms with van der Waals surface area (Å²) in [6.45, 7) is 3.05. The molecule has 0 aromatic heterocycles. The van der Waals surface area contributed by atoms with E-state index in [9.17, 15) is 9.90 Å². The fourth-order valence-electron chi connectivity index (χ4n) is 1.77. The molecule has 0 aliphatic rings. The topological polar surface area (TPSA) is 91.6 Å². The van der Waals surface area contributed by atoms with Gasteiger partial charge in [0.05, 0.1) is 11.6 Å². The van der Waals surface area contributed by atoms with Crippen molar-refractivity contribution in [2.75, 3.05) is 26.9 Å². The Hall–Kier alpha value is -2.23. The maximum Gasteiger partial charge on any atom is 0.261 e. The molecule has 0 unspecified atom stereocenters. The van der Waals surface area contributed by atoms with Crippen molar-refractivity contribution in [1.29, 1.82) is 5.26 Å². The Morgan fingerprint density at radius 3 is 2.87 bits per heavy atom. The first kappa shape index (κ1) is 18.8. The molecule has 124 valence electrons. The highest BCUT2D eigenvalue weighted by Gasteiger charge is 2.12. The molecule has 0 aliphatic heterocycles. The van der Waals surface area contributed by atoms with Gasteiger partial charge < -0.3 is 19.9 Å². The highest BCUT2D eigenvalue weighted by atomic mass is 35.5. The van der Waals surface area contributed by atoms with Gasteiger partial charge in [-0.25, -0.2) is 0 Å². The maximum absolute atomic E-state index is 11.9. The Balaban J connectivity index is 2.93. The minimum Gasteiger partial charge on any atom is -0.503 e. The van der Waals surface area contributed by atoms with Crippen molar-refractivity contribution in [2.24, 2.45) is 0 Å². The molecule has 7 heteroatoms. The number of ether oxygens (including phenoxy) is 2. The number of nitrogens with one attached hydrogen (secondary N) is 1. The number of hydrogen-bond donors (Lipinski definition) is 2. The van der Waals surface area contributed by atoms with Gasteiger partial charge in [-0.3, -0.25) is 4.79 Å². The van der Waals surface area contributed by atoms with E-state index in [1.807, 2.05) is 6.07 Å². The van der Waals surface area contributed by atoms with Gasteiger partial charge in [-0.2, -0.15) is 5.26 Å². The summed E-state index contributed by atoms with van der Waals surface area (Å²) >= 11 is 5.92. The largest absolute Gasteiger partial charge is 0.503 e. The number of nitriles is 1. The minimum atomic E-state index is -0.481. The minimum absolute atomic E-state index is 0.0633. The van der Waals surface area contributed by atoms with Gasteiger partial charge in [0, 0.05) is 20.3 Å². The number of hydrogen-bond acceptors (Lipinski definition) is 5. The summed E-state index contributed by atoms with van der Waals surface area (Å²) in [5.41, 5.74) is 0.423. The lowest BCUT2D eigenvalue weighted by molar-refractivity contribution is -0.117. The summed E-state index contributed by atoms with van der Waals surface area (Å²) in [4.78, 5) is 11.9. The SMILES string of the molecule is CCOc1cc(/C=C(\C#N)C(=O)NCCCOC)cc(Cl)c1O. The van der Waals surface area contributed by atoms with Gasteiger partial charge in [-0.1, -0.05) is 11.6 Å². The molecule has 2 N–H and O–H groups in total. The number of amides is 1. The molecule has 0 saturated heterocycles. The molecule has 1 aromatic rings. The molecule has 0 radical (unpaired) electrons. The van der Waals surface area contributed by atoms with Crippen molar-refractivity contribution in [3.8, 4) is 17.6 Å². The molecule has 1 aromatic carbocycles. The molecule has 0 heterocycles. The molecule has 0 bridgehead atoms. The Morgan fingerprint density at radius 1 is 1.52 bits per heavy atom. The normalized spacial score (nSPS) is 11.0. The quantitative estimate of drug-likeness (QED) is 0.431. The number of phenols is 1. The number of halogens is 1. The molecule has 0 spiro atoms. The third-order valence-corrected chi connectivity index (χ3v) is 3.13. The van der Waals surface area contributed by atoms with Crippen LogP contribution in [-0.2, 0) is 9.53 Å². The van der Waals surface area contributed by atoms with Crippen LogP contribution < -0.4 is 10.1 Å². The smallest absolute Gasteiger partial charge is 0.261 e. The van der Waals surface area contributed by atoms with Crippen LogP contribution in [0.25, 0.3) is 6.08 Å². The number of benzene rings is 1. The van der Waals surface area contributed by atoms with Gasteiger partial charge in [0.1, 0.15) is 11.6 Å². The molecule has 1 amide bonds. The summed E-state index contributed by atoms with van der Waals surface area (Å²) in [7, 11) is 1.58. The molecule has 0 atom stereocenters. The number of carbonyl (C=O) groups excluding carboxylic acids is 1. The average Bonchev–Trinajstić information content (AvgIpc) is 2.53. The second kappa shape index (κ2) is 9.72. The van der Waals surface area contributed by atoms with E-state index in [4.69, 9.17) is 26.3 Å². The van der Waals surface area contributed by atoms with Crippen LogP contribution in [0, 0.1) is 11.3 Å². The van der Waals surface area contributed by atoms with Gasteiger partial charge in [0.2, 0.25) is 0 Å². The first-order chi connectivity index (χ1) is 11.0. The molecule has 0 aliphatic carbocycles. The number of methoxy groups -OCH3 is 1. The Bertz CT molecular complexity index is 623. The van der Waals surface area contributed by atoms with Gasteiger partial charge in [-0.05, 0) is 37.1 Å². The lowest BCUT2D eigenvalue weighted by Gasteiger charge is -2.09. The highest BCUT2D eigenvalue weighted by molar-refractivity contribution is 6.32. The first-order valence-corrected chi connectivity index (χ1v) is 7.45. The van der Waals surface area contributed by atoms with Crippen LogP contribution in [0.4, 0.5) is 0 Å². The molecule has 0 saturated carbocycles. The van der Waals surface area contributed by atoms with E-state index in [2.05, 4.69) is 5.32 Å². The zero-order chi connectivity index (χ0) is 17.2.